The largest absolute Gasteiger partial charge is 0.378 e. The van der Waals surface area contributed by atoms with Crippen LogP contribution >= 0.6 is 0 Å². The molecule has 0 aliphatic rings. The van der Waals surface area contributed by atoms with Gasteiger partial charge in [-0.1, -0.05) is 0 Å². The average molecular weight is 297 g/mol. The molecule has 2 rings (SSSR count). The third-order valence-corrected chi connectivity index (χ3v) is 4.06. The molecular formula is C13H16FN3O2S. The predicted octanol–water partition coefficient (Wildman–Crippen LogP) is 1.88. The van der Waals surface area contributed by atoms with E-state index in [4.69, 9.17) is 0 Å². The van der Waals surface area contributed by atoms with E-state index in [-0.39, 0.29) is 10.6 Å². The number of rotatable bonds is 4. The van der Waals surface area contributed by atoms with Gasteiger partial charge in [-0.3, -0.25) is 4.68 Å². The molecule has 0 atom stereocenters. The molecule has 5 nitrogen and oxygen atoms in total. The van der Waals surface area contributed by atoms with E-state index < -0.39 is 15.7 Å². The quantitative estimate of drug-likeness (QED) is 0.875. The SMILES string of the molecule is Cc1nn(C)cc1CNc1cc(S(C)(=O)=O)ccc1F. The van der Waals surface area contributed by atoms with Crippen LogP contribution in [0, 0.1) is 12.7 Å². The second kappa shape index (κ2) is 5.24. The van der Waals surface area contributed by atoms with E-state index in [0.29, 0.717) is 6.54 Å². The van der Waals surface area contributed by atoms with Gasteiger partial charge in [-0.05, 0) is 25.1 Å². The van der Waals surface area contributed by atoms with Crippen molar-refractivity contribution >= 4 is 15.5 Å². The Balaban J connectivity index is 2.23. The minimum absolute atomic E-state index is 0.0873. The molecule has 108 valence electrons. The molecule has 2 aromatic rings. The number of sulfone groups is 1. The molecule has 0 aliphatic heterocycles. The molecule has 0 radical (unpaired) electrons. The van der Waals surface area contributed by atoms with Crippen molar-refractivity contribution in [3.05, 3.63) is 41.5 Å². The van der Waals surface area contributed by atoms with E-state index in [9.17, 15) is 12.8 Å². The lowest BCUT2D eigenvalue weighted by Crippen LogP contribution is -2.04. The molecule has 7 heteroatoms. The van der Waals surface area contributed by atoms with Crippen molar-refractivity contribution in [3.8, 4) is 0 Å². The van der Waals surface area contributed by atoms with Gasteiger partial charge in [0.25, 0.3) is 0 Å². The molecule has 1 N–H and O–H groups in total. The topological polar surface area (TPSA) is 64.0 Å². The van der Waals surface area contributed by atoms with Crippen molar-refractivity contribution in [1.29, 1.82) is 0 Å². The summed E-state index contributed by atoms with van der Waals surface area (Å²) in [4.78, 5) is 0.0873. The van der Waals surface area contributed by atoms with Gasteiger partial charge >= 0.3 is 0 Å². The standard InChI is InChI=1S/C13H16FN3O2S/c1-9-10(8-17(2)16-9)7-15-13-6-11(20(3,18)19)4-5-12(13)14/h4-6,8,15H,7H2,1-3H3. The van der Waals surface area contributed by atoms with E-state index in [2.05, 4.69) is 10.4 Å². The van der Waals surface area contributed by atoms with Crippen LogP contribution in [0.5, 0.6) is 0 Å². The summed E-state index contributed by atoms with van der Waals surface area (Å²) in [6.45, 7) is 2.24. The summed E-state index contributed by atoms with van der Waals surface area (Å²) >= 11 is 0. The second-order valence-corrected chi connectivity index (χ2v) is 6.70. The van der Waals surface area contributed by atoms with Crippen molar-refractivity contribution in [3.63, 3.8) is 0 Å². The van der Waals surface area contributed by atoms with E-state index in [1.165, 1.54) is 12.1 Å². The molecule has 0 unspecified atom stereocenters. The molecule has 1 heterocycles. The predicted molar refractivity (Wildman–Crippen MR) is 74.8 cm³/mol. The van der Waals surface area contributed by atoms with Crippen LogP contribution < -0.4 is 5.32 Å². The summed E-state index contributed by atoms with van der Waals surface area (Å²) < 4.78 is 38.3. The smallest absolute Gasteiger partial charge is 0.175 e. The monoisotopic (exact) mass is 297 g/mol. The van der Waals surface area contributed by atoms with Gasteiger partial charge in [0.2, 0.25) is 0 Å². The minimum atomic E-state index is -3.35. The number of halogens is 1. The van der Waals surface area contributed by atoms with Crippen molar-refractivity contribution in [2.24, 2.45) is 7.05 Å². The lowest BCUT2D eigenvalue weighted by atomic mass is 10.2. The van der Waals surface area contributed by atoms with Crippen LogP contribution in [0.15, 0.2) is 29.3 Å². The van der Waals surface area contributed by atoms with Crippen LogP contribution in [0.1, 0.15) is 11.3 Å². The highest BCUT2D eigenvalue weighted by molar-refractivity contribution is 7.90. The lowest BCUT2D eigenvalue weighted by Gasteiger charge is -2.08. The molecule has 0 bridgehead atoms. The highest BCUT2D eigenvalue weighted by atomic mass is 32.2. The number of aryl methyl sites for hydroxylation is 2. The molecule has 0 aliphatic carbocycles. The molecule has 20 heavy (non-hydrogen) atoms. The molecular weight excluding hydrogens is 281 g/mol. The van der Waals surface area contributed by atoms with Gasteiger partial charge in [0, 0.05) is 31.6 Å². The first-order valence-corrected chi connectivity index (χ1v) is 7.89. The van der Waals surface area contributed by atoms with Gasteiger partial charge in [0.15, 0.2) is 9.84 Å². The molecule has 0 spiro atoms. The fourth-order valence-corrected chi connectivity index (χ4v) is 2.53. The number of anilines is 1. The summed E-state index contributed by atoms with van der Waals surface area (Å²) in [5.74, 6) is -0.487. The van der Waals surface area contributed by atoms with Crippen molar-refractivity contribution in [2.45, 2.75) is 18.4 Å². The summed E-state index contributed by atoms with van der Waals surface area (Å²) in [7, 11) is -1.55. The first-order valence-electron chi connectivity index (χ1n) is 6.00. The molecule has 1 aromatic carbocycles. The zero-order valence-electron chi connectivity index (χ0n) is 11.5. The van der Waals surface area contributed by atoms with Crippen LogP contribution in [-0.4, -0.2) is 24.5 Å². The summed E-state index contributed by atoms with van der Waals surface area (Å²) in [5, 5.41) is 7.09. The Morgan fingerprint density at radius 3 is 2.65 bits per heavy atom. The first-order chi connectivity index (χ1) is 9.27. The Hall–Kier alpha value is -1.89. The number of hydrogen-bond donors (Lipinski definition) is 1. The number of nitrogens with one attached hydrogen (secondary N) is 1. The fourth-order valence-electron chi connectivity index (χ4n) is 1.88. The highest BCUT2D eigenvalue weighted by Gasteiger charge is 2.11. The van der Waals surface area contributed by atoms with Crippen LogP contribution in [0.3, 0.4) is 0 Å². The van der Waals surface area contributed by atoms with Crippen molar-refractivity contribution < 1.29 is 12.8 Å². The summed E-state index contributed by atoms with van der Waals surface area (Å²) in [6, 6.07) is 3.70. The maximum Gasteiger partial charge on any atom is 0.175 e. The third kappa shape index (κ3) is 3.16. The molecule has 0 saturated carbocycles. The van der Waals surface area contributed by atoms with Gasteiger partial charge in [-0.15, -0.1) is 0 Å². The van der Waals surface area contributed by atoms with E-state index in [1.807, 2.05) is 13.1 Å². The van der Waals surface area contributed by atoms with Crippen LogP contribution in [0.4, 0.5) is 10.1 Å². The Labute approximate surface area is 117 Å². The Bertz CT molecular complexity index is 738. The van der Waals surface area contributed by atoms with E-state index in [1.54, 1.807) is 11.7 Å². The van der Waals surface area contributed by atoms with Gasteiger partial charge in [0.05, 0.1) is 16.3 Å². The maximum atomic E-state index is 13.7. The highest BCUT2D eigenvalue weighted by Crippen LogP contribution is 2.20. The number of nitrogens with zero attached hydrogens (tertiary/aromatic N) is 2. The fraction of sp³-hybridized carbons (Fsp3) is 0.308. The first kappa shape index (κ1) is 14.5. The van der Waals surface area contributed by atoms with Crippen molar-refractivity contribution in [1.82, 2.24) is 9.78 Å². The Kier molecular flexibility index (Phi) is 3.80. The van der Waals surface area contributed by atoms with Crippen LogP contribution in [0.25, 0.3) is 0 Å². The number of aromatic nitrogens is 2. The maximum absolute atomic E-state index is 13.7. The Morgan fingerprint density at radius 2 is 2.10 bits per heavy atom. The van der Waals surface area contributed by atoms with Crippen LogP contribution in [0.2, 0.25) is 0 Å². The number of hydrogen-bond acceptors (Lipinski definition) is 4. The molecule has 0 saturated heterocycles. The molecule has 0 fully saturated rings. The summed E-state index contributed by atoms with van der Waals surface area (Å²) in [5.41, 5.74) is 1.94. The lowest BCUT2D eigenvalue weighted by molar-refractivity contribution is 0.600. The Morgan fingerprint density at radius 1 is 1.40 bits per heavy atom. The zero-order valence-corrected chi connectivity index (χ0v) is 12.3. The van der Waals surface area contributed by atoms with Gasteiger partial charge in [-0.25, -0.2) is 12.8 Å². The molecule has 1 aromatic heterocycles. The van der Waals surface area contributed by atoms with Gasteiger partial charge in [0.1, 0.15) is 5.82 Å². The second-order valence-electron chi connectivity index (χ2n) is 4.68. The average Bonchev–Trinajstić information content (AvgIpc) is 2.65. The van der Waals surface area contributed by atoms with Crippen molar-refractivity contribution in [2.75, 3.05) is 11.6 Å². The van der Waals surface area contributed by atoms with E-state index in [0.717, 1.165) is 23.6 Å². The third-order valence-electron chi connectivity index (χ3n) is 2.95. The van der Waals surface area contributed by atoms with E-state index >= 15 is 0 Å². The zero-order chi connectivity index (χ0) is 14.9. The number of benzene rings is 1. The van der Waals surface area contributed by atoms with Gasteiger partial charge < -0.3 is 5.32 Å². The normalized spacial score (nSPS) is 11.6. The summed E-state index contributed by atoms with van der Waals surface area (Å²) in [6.07, 6.45) is 2.93. The van der Waals surface area contributed by atoms with Crippen LogP contribution in [-0.2, 0) is 23.4 Å². The van der Waals surface area contributed by atoms with Gasteiger partial charge in [-0.2, -0.15) is 5.10 Å². The molecule has 0 amide bonds. The minimum Gasteiger partial charge on any atom is -0.378 e.